The summed E-state index contributed by atoms with van der Waals surface area (Å²) >= 11 is 0. The van der Waals surface area contributed by atoms with Crippen LogP contribution in [0, 0.1) is 0 Å². The highest BCUT2D eigenvalue weighted by Crippen LogP contribution is 2.27. The quantitative estimate of drug-likeness (QED) is 0.845. The summed E-state index contributed by atoms with van der Waals surface area (Å²) in [4.78, 5) is 26.1. The molecule has 1 unspecified atom stereocenters. The molecule has 0 radical (unpaired) electrons. The molecule has 6 nitrogen and oxygen atoms in total. The third-order valence-corrected chi connectivity index (χ3v) is 3.88. The second-order valence-corrected chi connectivity index (χ2v) is 5.34. The smallest absolute Gasteiger partial charge is 0.247 e. The molecule has 1 aromatic carbocycles. The molecule has 1 aliphatic rings. The van der Waals surface area contributed by atoms with Gasteiger partial charge in [-0.2, -0.15) is 0 Å². The number of likely N-dealkylation sites (tertiary alicyclic amines) is 1. The van der Waals surface area contributed by atoms with Crippen LogP contribution in [-0.2, 0) is 9.59 Å². The first-order valence-electron chi connectivity index (χ1n) is 7.56. The Balaban J connectivity index is 2.16. The van der Waals surface area contributed by atoms with Gasteiger partial charge in [-0.15, -0.1) is 0 Å². The summed E-state index contributed by atoms with van der Waals surface area (Å²) in [7, 11) is 3.10. The van der Waals surface area contributed by atoms with E-state index in [4.69, 9.17) is 9.47 Å². The molecule has 1 atom stereocenters. The highest BCUT2D eigenvalue weighted by Gasteiger charge is 2.31. The minimum Gasteiger partial charge on any atom is -0.497 e. The lowest BCUT2D eigenvalue weighted by Crippen LogP contribution is -2.49. The van der Waals surface area contributed by atoms with Crippen LogP contribution in [0.1, 0.15) is 19.3 Å². The Morgan fingerprint density at radius 3 is 2.43 bits per heavy atom. The van der Waals surface area contributed by atoms with E-state index in [2.05, 4.69) is 11.9 Å². The van der Waals surface area contributed by atoms with E-state index in [1.54, 1.807) is 37.3 Å². The van der Waals surface area contributed by atoms with E-state index in [-0.39, 0.29) is 11.8 Å². The second-order valence-electron chi connectivity index (χ2n) is 5.34. The predicted molar refractivity (Wildman–Crippen MR) is 87.7 cm³/mol. The van der Waals surface area contributed by atoms with Crippen LogP contribution in [0.15, 0.2) is 30.9 Å². The van der Waals surface area contributed by atoms with Crippen LogP contribution in [0.25, 0.3) is 0 Å². The molecule has 124 valence electrons. The van der Waals surface area contributed by atoms with E-state index in [0.29, 0.717) is 30.2 Å². The van der Waals surface area contributed by atoms with Crippen molar-refractivity contribution >= 4 is 17.5 Å². The normalized spacial score (nSPS) is 17.3. The predicted octanol–water partition coefficient (Wildman–Crippen LogP) is 2.21. The summed E-state index contributed by atoms with van der Waals surface area (Å²) in [5.74, 6) is 0.743. The Kier molecular flexibility index (Phi) is 5.62. The first-order valence-corrected chi connectivity index (χ1v) is 7.56. The van der Waals surface area contributed by atoms with Crippen molar-refractivity contribution in [2.45, 2.75) is 25.3 Å². The molecule has 23 heavy (non-hydrogen) atoms. The van der Waals surface area contributed by atoms with E-state index in [1.165, 1.54) is 6.08 Å². The van der Waals surface area contributed by atoms with Crippen LogP contribution in [0.5, 0.6) is 11.5 Å². The Morgan fingerprint density at radius 1 is 1.22 bits per heavy atom. The average molecular weight is 318 g/mol. The van der Waals surface area contributed by atoms with Crippen molar-refractivity contribution < 1.29 is 19.1 Å². The zero-order chi connectivity index (χ0) is 16.8. The number of nitrogens with one attached hydrogen (secondary N) is 1. The molecule has 0 aliphatic carbocycles. The van der Waals surface area contributed by atoms with Gasteiger partial charge in [0.2, 0.25) is 11.8 Å². The lowest BCUT2D eigenvalue weighted by atomic mass is 10.0. The van der Waals surface area contributed by atoms with Gasteiger partial charge in [0.25, 0.3) is 0 Å². The highest BCUT2D eigenvalue weighted by molar-refractivity contribution is 5.99. The molecule has 1 N–H and O–H groups in total. The van der Waals surface area contributed by atoms with Crippen LogP contribution in [0.3, 0.4) is 0 Å². The van der Waals surface area contributed by atoms with E-state index in [0.717, 1.165) is 12.8 Å². The zero-order valence-electron chi connectivity index (χ0n) is 13.5. The average Bonchev–Trinajstić information content (AvgIpc) is 2.60. The Bertz CT molecular complexity index is 578. The van der Waals surface area contributed by atoms with Crippen LogP contribution in [0.2, 0.25) is 0 Å². The van der Waals surface area contributed by atoms with Gasteiger partial charge in [-0.05, 0) is 25.3 Å². The topological polar surface area (TPSA) is 67.9 Å². The van der Waals surface area contributed by atoms with Crippen molar-refractivity contribution in [3.63, 3.8) is 0 Å². The maximum Gasteiger partial charge on any atom is 0.247 e. The van der Waals surface area contributed by atoms with Gasteiger partial charge in [0.1, 0.15) is 17.5 Å². The van der Waals surface area contributed by atoms with Crippen LogP contribution >= 0.6 is 0 Å². The number of nitrogens with zero attached hydrogens (tertiary/aromatic N) is 1. The number of anilines is 1. The summed E-state index contributed by atoms with van der Waals surface area (Å²) in [6.45, 7) is 4.08. The van der Waals surface area contributed by atoms with Crippen LogP contribution in [-0.4, -0.2) is 43.5 Å². The SMILES string of the molecule is C=CC(=O)N1CCCCC1C(=O)Nc1cc(OC)cc(OC)c1. The van der Waals surface area contributed by atoms with Crippen molar-refractivity contribution in [1.29, 1.82) is 0 Å². The minimum atomic E-state index is -0.480. The molecule has 2 rings (SSSR count). The molecular formula is C17H22N2O4. The third-order valence-electron chi connectivity index (χ3n) is 3.88. The van der Waals surface area contributed by atoms with Gasteiger partial charge in [0.05, 0.1) is 14.2 Å². The van der Waals surface area contributed by atoms with E-state index in [1.807, 2.05) is 0 Å². The van der Waals surface area contributed by atoms with Crippen molar-refractivity contribution in [3.8, 4) is 11.5 Å². The van der Waals surface area contributed by atoms with Crippen molar-refractivity contribution in [2.24, 2.45) is 0 Å². The van der Waals surface area contributed by atoms with Gasteiger partial charge in [-0.25, -0.2) is 0 Å². The summed E-state index contributed by atoms with van der Waals surface area (Å²) in [5, 5.41) is 2.84. The zero-order valence-corrected chi connectivity index (χ0v) is 13.5. The first kappa shape index (κ1) is 16.9. The molecule has 1 aliphatic heterocycles. The number of piperidine rings is 1. The lowest BCUT2D eigenvalue weighted by molar-refractivity contribution is -0.136. The summed E-state index contributed by atoms with van der Waals surface area (Å²) in [6.07, 6.45) is 3.71. The van der Waals surface area contributed by atoms with Crippen molar-refractivity contribution in [1.82, 2.24) is 4.90 Å². The minimum absolute atomic E-state index is 0.213. The Hall–Kier alpha value is -2.50. The summed E-state index contributed by atoms with van der Waals surface area (Å²) in [6, 6.07) is 4.67. The monoisotopic (exact) mass is 318 g/mol. The maximum atomic E-state index is 12.6. The fraction of sp³-hybridized carbons (Fsp3) is 0.412. The molecule has 1 heterocycles. The molecule has 0 spiro atoms. The van der Waals surface area contributed by atoms with Crippen molar-refractivity contribution in [2.75, 3.05) is 26.1 Å². The molecule has 2 amide bonds. The fourth-order valence-corrected chi connectivity index (χ4v) is 2.69. The highest BCUT2D eigenvalue weighted by atomic mass is 16.5. The Labute approximate surface area is 136 Å². The molecule has 1 aromatic rings. The van der Waals surface area contributed by atoms with Gasteiger partial charge in [0, 0.05) is 30.4 Å². The van der Waals surface area contributed by atoms with Crippen LogP contribution in [0.4, 0.5) is 5.69 Å². The summed E-state index contributed by atoms with van der Waals surface area (Å²) < 4.78 is 10.4. The second kappa shape index (κ2) is 7.67. The number of benzene rings is 1. The molecule has 0 bridgehead atoms. The number of ether oxygens (including phenoxy) is 2. The standard InChI is InChI=1S/C17H22N2O4/c1-4-16(20)19-8-6-5-7-15(19)17(21)18-12-9-13(22-2)11-14(10-12)23-3/h4,9-11,15H,1,5-8H2,2-3H3,(H,18,21). The van der Waals surface area contributed by atoms with Gasteiger partial charge in [-0.3, -0.25) is 9.59 Å². The van der Waals surface area contributed by atoms with Gasteiger partial charge in [-0.1, -0.05) is 6.58 Å². The molecular weight excluding hydrogens is 296 g/mol. The van der Waals surface area contributed by atoms with Gasteiger partial charge < -0.3 is 19.7 Å². The number of hydrogen-bond donors (Lipinski definition) is 1. The number of carbonyl (C=O) groups is 2. The number of methoxy groups -OCH3 is 2. The molecule has 6 heteroatoms. The number of carbonyl (C=O) groups excluding carboxylic acids is 2. The van der Waals surface area contributed by atoms with E-state index >= 15 is 0 Å². The summed E-state index contributed by atoms with van der Waals surface area (Å²) in [5.41, 5.74) is 0.572. The fourth-order valence-electron chi connectivity index (χ4n) is 2.69. The molecule has 1 fully saturated rings. The maximum absolute atomic E-state index is 12.6. The van der Waals surface area contributed by atoms with E-state index < -0.39 is 6.04 Å². The molecule has 0 aromatic heterocycles. The molecule has 0 saturated carbocycles. The van der Waals surface area contributed by atoms with Gasteiger partial charge >= 0.3 is 0 Å². The largest absolute Gasteiger partial charge is 0.497 e. The third kappa shape index (κ3) is 4.03. The first-order chi connectivity index (χ1) is 11.1. The Morgan fingerprint density at radius 2 is 1.87 bits per heavy atom. The number of amides is 2. The number of rotatable bonds is 5. The van der Waals surface area contributed by atoms with Crippen LogP contribution < -0.4 is 14.8 Å². The van der Waals surface area contributed by atoms with Crippen molar-refractivity contribution in [3.05, 3.63) is 30.9 Å². The van der Waals surface area contributed by atoms with Gasteiger partial charge in [0.15, 0.2) is 0 Å². The number of hydrogen-bond acceptors (Lipinski definition) is 4. The lowest BCUT2D eigenvalue weighted by Gasteiger charge is -2.34. The van der Waals surface area contributed by atoms with E-state index in [9.17, 15) is 9.59 Å². The molecule has 1 saturated heterocycles.